The van der Waals surface area contributed by atoms with E-state index in [0.29, 0.717) is 6.54 Å². The van der Waals surface area contributed by atoms with Gasteiger partial charge in [0.05, 0.1) is 20.2 Å². The lowest BCUT2D eigenvalue weighted by Gasteiger charge is -2.04. The maximum atomic E-state index is 11.6. The molecule has 0 aliphatic heterocycles. The first kappa shape index (κ1) is 11.1. The van der Waals surface area contributed by atoms with Crippen molar-refractivity contribution in [2.45, 2.75) is 0 Å². The van der Waals surface area contributed by atoms with Crippen molar-refractivity contribution < 1.29 is 9.53 Å². The number of aromatic nitrogens is 2. The van der Waals surface area contributed by atoms with Crippen LogP contribution in [0.4, 0.5) is 0 Å². The van der Waals surface area contributed by atoms with Gasteiger partial charge in [0.2, 0.25) is 5.88 Å². The molecule has 78 valence electrons. The van der Waals surface area contributed by atoms with Gasteiger partial charge in [-0.1, -0.05) is 5.92 Å². The van der Waals surface area contributed by atoms with E-state index in [-0.39, 0.29) is 23.9 Å². The quantitative estimate of drug-likeness (QED) is 0.413. The first-order valence-corrected chi connectivity index (χ1v) is 4.32. The molecule has 5 nitrogen and oxygen atoms in total. The largest absolute Gasteiger partial charge is 0.479 e. The zero-order chi connectivity index (χ0) is 11.1. The third-order valence-electron chi connectivity index (χ3n) is 1.63. The van der Waals surface area contributed by atoms with E-state index >= 15 is 0 Å². The topological polar surface area (TPSA) is 64.1 Å². The zero-order valence-electron chi connectivity index (χ0n) is 8.36. The van der Waals surface area contributed by atoms with Gasteiger partial charge in [-0.15, -0.1) is 6.42 Å². The van der Waals surface area contributed by atoms with Gasteiger partial charge in [-0.05, 0) is 0 Å². The number of methoxy groups -OCH3 is 1. The molecule has 0 saturated heterocycles. The average molecular weight is 205 g/mol. The van der Waals surface area contributed by atoms with Crippen LogP contribution in [-0.2, 0) is 0 Å². The van der Waals surface area contributed by atoms with Gasteiger partial charge in [0, 0.05) is 12.4 Å². The van der Waals surface area contributed by atoms with Gasteiger partial charge in [-0.25, -0.2) is 9.97 Å². The molecule has 1 N–H and O–H groups in total. The van der Waals surface area contributed by atoms with Crippen molar-refractivity contribution in [2.24, 2.45) is 0 Å². The van der Waals surface area contributed by atoms with E-state index in [0.717, 1.165) is 0 Å². The molecule has 0 radical (unpaired) electrons. The Labute approximate surface area is 87.9 Å². The Morgan fingerprint density at radius 3 is 3.00 bits per heavy atom. The second-order valence-electron chi connectivity index (χ2n) is 2.65. The van der Waals surface area contributed by atoms with Gasteiger partial charge >= 0.3 is 0 Å². The first-order chi connectivity index (χ1) is 7.29. The molecule has 0 aromatic carbocycles. The molecule has 15 heavy (non-hydrogen) atoms. The Morgan fingerprint density at radius 1 is 1.60 bits per heavy atom. The minimum Gasteiger partial charge on any atom is -0.479 e. The number of ether oxygens (including phenoxy) is 1. The number of carbonyl (C=O) groups excluding carboxylic acids is 1. The lowest BCUT2D eigenvalue weighted by Crippen LogP contribution is -2.24. The summed E-state index contributed by atoms with van der Waals surface area (Å²) in [7, 11) is 1.44. The molecule has 0 atom stereocenters. The van der Waals surface area contributed by atoms with Crippen LogP contribution in [-0.4, -0.2) is 36.0 Å². The van der Waals surface area contributed by atoms with Crippen LogP contribution in [0, 0.1) is 12.3 Å². The maximum absolute atomic E-state index is 11.6. The van der Waals surface area contributed by atoms with Crippen LogP contribution in [0.15, 0.2) is 12.4 Å². The fourth-order valence-corrected chi connectivity index (χ4v) is 0.998. The monoisotopic (exact) mass is 205 g/mol. The van der Waals surface area contributed by atoms with E-state index in [2.05, 4.69) is 21.2 Å². The smallest absolute Gasteiger partial charge is 0.243 e. The van der Waals surface area contributed by atoms with Crippen molar-refractivity contribution in [2.75, 3.05) is 20.2 Å². The molecule has 0 aliphatic carbocycles. The Bertz CT molecular complexity index is 384. The molecule has 0 unspecified atom stereocenters. The summed E-state index contributed by atoms with van der Waals surface area (Å²) in [5, 5.41) is 2.78. The van der Waals surface area contributed by atoms with Crippen LogP contribution in [0.5, 0.6) is 5.88 Å². The maximum Gasteiger partial charge on any atom is 0.243 e. The van der Waals surface area contributed by atoms with Crippen LogP contribution in [0.1, 0.15) is 10.5 Å². The summed E-state index contributed by atoms with van der Waals surface area (Å²) in [6, 6.07) is 0. The number of Topliss-reactive ketones (excluding diaryl/α,β-unsaturated/α-hetero) is 1. The van der Waals surface area contributed by atoms with Crippen LogP contribution in [0.2, 0.25) is 0 Å². The summed E-state index contributed by atoms with van der Waals surface area (Å²) in [5.41, 5.74) is 0.213. The zero-order valence-corrected chi connectivity index (χ0v) is 8.36. The summed E-state index contributed by atoms with van der Waals surface area (Å²) >= 11 is 0. The molecule has 0 bridgehead atoms. The van der Waals surface area contributed by atoms with E-state index in [9.17, 15) is 4.79 Å². The van der Waals surface area contributed by atoms with E-state index in [1.54, 1.807) is 0 Å². The number of hydrogen-bond donors (Lipinski definition) is 1. The number of hydrogen-bond acceptors (Lipinski definition) is 5. The lowest BCUT2D eigenvalue weighted by molar-refractivity contribution is 0.0983. The Morgan fingerprint density at radius 2 is 2.33 bits per heavy atom. The number of nitrogens with zero attached hydrogens (tertiary/aromatic N) is 2. The summed E-state index contributed by atoms with van der Waals surface area (Å²) in [6.45, 7) is 0.466. The standard InChI is InChI=1S/C10H11N3O2/c1-3-4-11-7-8(14)9-10(15-2)13-6-5-12-9/h1,5-6,11H,4,7H2,2H3. The van der Waals surface area contributed by atoms with E-state index < -0.39 is 0 Å². The van der Waals surface area contributed by atoms with Crippen molar-refractivity contribution >= 4 is 5.78 Å². The Hall–Kier alpha value is -1.93. The van der Waals surface area contributed by atoms with Crippen LogP contribution >= 0.6 is 0 Å². The van der Waals surface area contributed by atoms with Crippen molar-refractivity contribution in [3.05, 3.63) is 18.1 Å². The van der Waals surface area contributed by atoms with Crippen molar-refractivity contribution in [3.8, 4) is 18.2 Å². The Balaban J connectivity index is 2.69. The van der Waals surface area contributed by atoms with Crippen LogP contribution in [0.25, 0.3) is 0 Å². The molecule has 0 fully saturated rings. The lowest BCUT2D eigenvalue weighted by atomic mass is 10.3. The highest BCUT2D eigenvalue weighted by Gasteiger charge is 2.13. The Kier molecular flexibility index (Phi) is 4.26. The van der Waals surface area contributed by atoms with E-state index in [4.69, 9.17) is 11.2 Å². The molecule has 1 heterocycles. The van der Waals surface area contributed by atoms with Gasteiger partial charge in [0.15, 0.2) is 11.5 Å². The SMILES string of the molecule is C#CCNCC(=O)c1nccnc1OC. The predicted molar refractivity (Wildman–Crippen MR) is 54.6 cm³/mol. The fourth-order valence-electron chi connectivity index (χ4n) is 0.998. The second-order valence-corrected chi connectivity index (χ2v) is 2.65. The number of terminal acetylenes is 1. The summed E-state index contributed by atoms with van der Waals surface area (Å²) in [4.78, 5) is 19.4. The third-order valence-corrected chi connectivity index (χ3v) is 1.63. The molecule has 0 spiro atoms. The number of nitrogens with one attached hydrogen (secondary N) is 1. The molecular weight excluding hydrogens is 194 g/mol. The van der Waals surface area contributed by atoms with Crippen molar-refractivity contribution in [3.63, 3.8) is 0 Å². The molecular formula is C10H11N3O2. The third kappa shape index (κ3) is 3.04. The normalized spacial score (nSPS) is 9.33. The molecule has 0 aliphatic rings. The molecule has 0 saturated carbocycles. The summed E-state index contributed by atoms with van der Waals surface area (Å²) < 4.78 is 4.91. The van der Waals surface area contributed by atoms with Gasteiger partial charge in [-0.2, -0.15) is 0 Å². The second kappa shape index (κ2) is 5.73. The average Bonchev–Trinajstić information content (AvgIpc) is 2.29. The molecule has 1 aromatic rings. The van der Waals surface area contributed by atoms with Crippen molar-refractivity contribution in [1.82, 2.24) is 15.3 Å². The highest BCUT2D eigenvalue weighted by Crippen LogP contribution is 2.10. The predicted octanol–water partition coefficient (Wildman–Crippen LogP) is -0.109. The highest BCUT2D eigenvalue weighted by atomic mass is 16.5. The van der Waals surface area contributed by atoms with Crippen LogP contribution in [0.3, 0.4) is 0 Å². The number of rotatable bonds is 5. The number of carbonyl (C=O) groups is 1. The highest BCUT2D eigenvalue weighted by molar-refractivity contribution is 5.97. The van der Waals surface area contributed by atoms with E-state index in [1.807, 2.05) is 0 Å². The first-order valence-electron chi connectivity index (χ1n) is 4.32. The summed E-state index contributed by atoms with van der Waals surface area (Å²) in [6.07, 6.45) is 7.94. The molecule has 5 heteroatoms. The minimum absolute atomic E-state index is 0.124. The minimum atomic E-state index is -0.199. The summed E-state index contributed by atoms with van der Waals surface area (Å²) in [5.74, 6) is 2.40. The molecule has 1 aromatic heterocycles. The van der Waals surface area contributed by atoms with Gasteiger partial charge in [0.1, 0.15) is 0 Å². The van der Waals surface area contributed by atoms with Gasteiger partial charge < -0.3 is 4.74 Å². The number of ketones is 1. The van der Waals surface area contributed by atoms with Gasteiger partial charge in [-0.3, -0.25) is 10.1 Å². The van der Waals surface area contributed by atoms with Gasteiger partial charge in [0.25, 0.3) is 0 Å². The molecule has 0 amide bonds. The fraction of sp³-hybridized carbons (Fsp3) is 0.300. The van der Waals surface area contributed by atoms with E-state index in [1.165, 1.54) is 19.5 Å². The van der Waals surface area contributed by atoms with Crippen molar-refractivity contribution in [1.29, 1.82) is 0 Å². The van der Waals surface area contributed by atoms with Crippen LogP contribution < -0.4 is 10.1 Å². The molecule has 1 rings (SSSR count).